The van der Waals surface area contributed by atoms with Gasteiger partial charge in [-0.2, -0.15) is 26.9 Å². The number of aliphatic hydroxyl groups is 1. The minimum Gasteiger partial charge on any atom is -0.486 e. The van der Waals surface area contributed by atoms with Crippen molar-refractivity contribution in [2.75, 3.05) is 60.5 Å². The van der Waals surface area contributed by atoms with Crippen LogP contribution in [0, 0.1) is 11.3 Å². The van der Waals surface area contributed by atoms with Gasteiger partial charge >= 0.3 is 15.6 Å². The lowest BCUT2D eigenvalue weighted by atomic mass is 10.2. The Kier molecular flexibility index (Phi) is 24.1. The molecule has 5 atom stereocenters. The second-order valence-electron chi connectivity index (χ2n) is 16.5. The number of hydrogen-bond acceptors (Lipinski definition) is 18. The normalized spacial score (nSPS) is 19.0. The van der Waals surface area contributed by atoms with Crippen molar-refractivity contribution in [1.82, 2.24) is 0 Å². The highest BCUT2D eigenvalue weighted by atomic mass is 79.9. The summed E-state index contributed by atoms with van der Waals surface area (Å²) < 4.78 is 131. The van der Waals surface area contributed by atoms with Crippen LogP contribution in [-0.4, -0.2) is 123 Å². The predicted molar refractivity (Wildman–Crippen MR) is 292 cm³/mol. The minimum atomic E-state index is -5.63. The average Bonchev–Trinajstić information content (AvgIpc) is 3.43. The molecule has 5 aliphatic rings. The quantitative estimate of drug-likeness (QED) is 0.0563. The van der Waals surface area contributed by atoms with Crippen LogP contribution < -0.4 is 47.4 Å². The molecule has 5 unspecified atom stereocenters. The second-order valence-corrected chi connectivity index (χ2v) is 22.7. The van der Waals surface area contributed by atoms with Gasteiger partial charge in [-0.15, -0.1) is 0 Å². The fourth-order valence-corrected chi connectivity index (χ4v) is 9.06. The van der Waals surface area contributed by atoms with Crippen LogP contribution in [0.3, 0.4) is 0 Å². The van der Waals surface area contributed by atoms with E-state index in [0.717, 1.165) is 52.9 Å². The Morgan fingerprint density at radius 2 is 0.910 bits per heavy atom. The van der Waals surface area contributed by atoms with Crippen molar-refractivity contribution >= 4 is 96.1 Å². The van der Waals surface area contributed by atoms with Crippen molar-refractivity contribution in [3.63, 3.8) is 0 Å². The summed E-state index contributed by atoms with van der Waals surface area (Å²) in [6.45, 7) is 0.889. The van der Waals surface area contributed by atoms with Crippen molar-refractivity contribution in [2.24, 2.45) is 0 Å². The van der Waals surface area contributed by atoms with Gasteiger partial charge in [0.05, 0.1) is 19.1 Å². The van der Waals surface area contributed by atoms with E-state index in [4.69, 9.17) is 67.2 Å². The molecule has 27 heteroatoms. The molecule has 5 aromatic rings. The number of carbonyl (C=O) groups excluding carboxylic acids is 1. The second kappa shape index (κ2) is 30.2. The topological polar surface area (TPSA) is 215 Å². The van der Waals surface area contributed by atoms with E-state index in [2.05, 4.69) is 89.9 Å². The zero-order valence-corrected chi connectivity index (χ0v) is 49.9. The fraction of sp³-hybridized carbons (Fsp3) is 0.373. The SMILES string of the molecule is COC(CC1COc2ccc(Br)cc2O1)OC.N#CCC1COc2ccc(Br)cc2O1.O=CCC1COc2ccc(Br)cc2O1.O=S(=O)(OCC1COc2ccc(Br)cc2O1)C(F)(F)F.OCC1COc2ccc(Br)cc2O1. The smallest absolute Gasteiger partial charge is 0.486 e. The van der Waals surface area contributed by atoms with E-state index < -0.39 is 28.3 Å². The number of benzene rings is 5. The average molecular weight is 1440 g/mol. The molecule has 422 valence electrons. The molecule has 5 aromatic carbocycles. The monoisotopic (exact) mass is 1430 g/mol. The van der Waals surface area contributed by atoms with E-state index in [1.165, 1.54) is 0 Å². The molecular weight excluding hydrogens is 1390 g/mol. The van der Waals surface area contributed by atoms with Crippen molar-refractivity contribution in [1.29, 1.82) is 5.26 Å². The van der Waals surface area contributed by atoms with Crippen molar-refractivity contribution in [3.05, 3.63) is 113 Å². The van der Waals surface area contributed by atoms with Crippen molar-refractivity contribution in [3.8, 4) is 63.6 Å². The van der Waals surface area contributed by atoms with Gasteiger partial charge in [0.25, 0.3) is 0 Å². The number of rotatable bonds is 11. The highest BCUT2D eigenvalue weighted by Gasteiger charge is 2.48. The Hall–Kier alpha value is -4.76. The summed E-state index contributed by atoms with van der Waals surface area (Å²) in [4.78, 5) is 10.3. The van der Waals surface area contributed by atoms with Gasteiger partial charge < -0.3 is 66.7 Å². The first kappa shape index (κ1) is 62.4. The summed E-state index contributed by atoms with van der Waals surface area (Å²) in [7, 11) is -2.40. The van der Waals surface area contributed by atoms with Crippen molar-refractivity contribution in [2.45, 2.75) is 61.6 Å². The molecule has 0 bridgehead atoms. The Morgan fingerprint density at radius 3 is 1.28 bits per heavy atom. The van der Waals surface area contributed by atoms with Crippen LogP contribution in [0.15, 0.2) is 113 Å². The predicted octanol–water partition coefficient (Wildman–Crippen LogP) is 11.3. The number of nitrogens with zero attached hydrogens (tertiary/aromatic N) is 1. The first-order valence-corrected chi connectivity index (χ1v) is 28.5. The molecule has 18 nitrogen and oxygen atoms in total. The van der Waals surface area contributed by atoms with Gasteiger partial charge in [0, 0.05) is 49.4 Å². The molecule has 1 N–H and O–H groups in total. The van der Waals surface area contributed by atoms with Crippen molar-refractivity contribution < 1.29 is 92.5 Å². The summed E-state index contributed by atoms with van der Waals surface area (Å²) in [5.74, 6) is 6.51. The Labute approximate surface area is 489 Å². The number of methoxy groups -OCH3 is 2. The number of alkyl halides is 3. The molecule has 0 spiro atoms. The van der Waals surface area contributed by atoms with E-state index in [9.17, 15) is 26.4 Å². The van der Waals surface area contributed by atoms with Gasteiger partial charge in [0.15, 0.2) is 76.0 Å². The maximum atomic E-state index is 12.1. The van der Waals surface area contributed by atoms with E-state index in [1.807, 2.05) is 72.8 Å². The summed E-state index contributed by atoms with van der Waals surface area (Å²) >= 11 is 16.6. The highest BCUT2D eigenvalue weighted by molar-refractivity contribution is 9.11. The number of nitriles is 1. The van der Waals surface area contributed by atoms with Gasteiger partial charge in [-0.1, -0.05) is 79.6 Å². The number of halogens is 8. The largest absolute Gasteiger partial charge is 0.523 e. The molecular formula is C51H49Br5F3NO17S. The lowest BCUT2D eigenvalue weighted by Crippen LogP contribution is -2.36. The summed E-state index contributed by atoms with van der Waals surface area (Å²) in [5.41, 5.74) is -5.45. The van der Waals surface area contributed by atoms with Gasteiger partial charge in [-0.3, -0.25) is 4.18 Å². The Balaban J connectivity index is 0.000000159. The van der Waals surface area contributed by atoms with E-state index >= 15 is 0 Å². The zero-order chi connectivity index (χ0) is 56.4. The Morgan fingerprint density at radius 1 is 0.577 bits per heavy atom. The first-order valence-electron chi connectivity index (χ1n) is 23.2. The standard InChI is InChI=1S/C12H15BrO4.C10H8BrF3O5S.C10H8BrNO2.C10H9BrO3.C9H9BrO3/c1-14-12(15-2)6-9-7-16-10-4-3-8(13)5-11(10)17-9;11-6-1-2-8-9(3-6)19-7(4-17-8)5-18-20(15,16)10(12,13)14;2*11-7-1-2-9-10(5-7)14-8(3-4-12)6-13-9;10-6-1-2-8-9(3-6)13-7(4-11)5-12-8/h3-5,9,12H,6-7H2,1-2H3;1-3,7H,4-5H2;1-2,5,8H,3,6H2;1-2,4-5,8H,3,6H2;1-3,7,11H,4-5H2. The molecule has 0 fully saturated rings. The number of hydrogen-bond donors (Lipinski definition) is 1. The third-order valence-corrected chi connectivity index (χ3v) is 14.2. The molecule has 5 aliphatic heterocycles. The highest BCUT2D eigenvalue weighted by Crippen LogP contribution is 2.39. The molecule has 0 amide bonds. The van der Waals surface area contributed by atoms with Crippen LogP contribution >= 0.6 is 79.6 Å². The zero-order valence-electron chi connectivity index (χ0n) is 41.1. The number of aldehydes is 1. The van der Waals surface area contributed by atoms with E-state index in [0.29, 0.717) is 78.9 Å². The van der Waals surface area contributed by atoms with Gasteiger partial charge in [-0.05, 0) is 91.0 Å². The van der Waals surface area contributed by atoms with Crippen LogP contribution in [0.4, 0.5) is 13.2 Å². The molecule has 0 saturated heterocycles. The summed E-state index contributed by atoms with van der Waals surface area (Å²) in [6.07, 6.45) is 0.374. The number of ether oxygens (including phenoxy) is 12. The lowest BCUT2D eigenvalue weighted by molar-refractivity contribution is -0.124. The molecule has 78 heavy (non-hydrogen) atoms. The molecule has 5 heterocycles. The van der Waals surface area contributed by atoms with E-state index in [1.54, 1.807) is 32.4 Å². The first-order chi connectivity index (χ1) is 37.3. The molecule has 0 radical (unpaired) electrons. The van der Waals surface area contributed by atoms with Gasteiger partial charge in [0.1, 0.15) is 64.2 Å². The van der Waals surface area contributed by atoms with Gasteiger partial charge in [-0.25, -0.2) is 0 Å². The molecule has 0 saturated carbocycles. The van der Waals surface area contributed by atoms with Crippen LogP contribution in [0.2, 0.25) is 0 Å². The third kappa shape index (κ3) is 18.9. The molecule has 0 aliphatic carbocycles. The fourth-order valence-electron chi connectivity index (χ4n) is 6.90. The maximum Gasteiger partial charge on any atom is 0.523 e. The Bertz CT molecular complexity index is 2940. The maximum absolute atomic E-state index is 12.1. The summed E-state index contributed by atoms with van der Waals surface area (Å²) in [5, 5.41) is 17.4. The minimum absolute atomic E-state index is 0.0219. The summed E-state index contributed by atoms with van der Waals surface area (Å²) in [6, 6.07) is 29.4. The third-order valence-electron chi connectivity index (χ3n) is 10.7. The van der Waals surface area contributed by atoms with Crippen LogP contribution in [0.5, 0.6) is 57.5 Å². The number of aliphatic hydroxyl groups excluding tert-OH is 1. The van der Waals surface area contributed by atoms with Crippen LogP contribution in [0.25, 0.3) is 0 Å². The van der Waals surface area contributed by atoms with E-state index in [-0.39, 0.29) is 43.9 Å². The molecule has 0 aromatic heterocycles. The number of carbonyl (C=O) groups is 1. The number of fused-ring (bicyclic) bond motifs is 5. The lowest BCUT2D eigenvalue weighted by Gasteiger charge is -2.28. The van der Waals surface area contributed by atoms with Crippen LogP contribution in [-0.2, 0) is 28.6 Å². The van der Waals surface area contributed by atoms with Crippen LogP contribution in [0.1, 0.15) is 19.3 Å². The van der Waals surface area contributed by atoms with Gasteiger partial charge in [0.2, 0.25) is 0 Å². The molecule has 10 rings (SSSR count).